The number of fused-ring (bicyclic) bond motifs is 1. The molecular weight excluding hydrogens is 294 g/mol. The predicted molar refractivity (Wildman–Crippen MR) is 79.2 cm³/mol. The summed E-state index contributed by atoms with van der Waals surface area (Å²) in [4.78, 5) is 0.931. The number of aliphatic hydroxyl groups is 1. The number of nitrogens with zero attached hydrogens (tertiary/aromatic N) is 1. The van der Waals surface area contributed by atoms with Crippen LogP contribution < -0.4 is 0 Å². The molecule has 4 nitrogen and oxygen atoms in total. The minimum Gasteiger partial charge on any atom is -0.391 e. The van der Waals surface area contributed by atoms with Crippen molar-refractivity contribution in [3.8, 4) is 0 Å². The van der Waals surface area contributed by atoms with E-state index in [1.165, 1.54) is 11.3 Å². The second-order valence-corrected chi connectivity index (χ2v) is 8.64. The van der Waals surface area contributed by atoms with Crippen molar-refractivity contribution in [3.05, 3.63) is 15.8 Å². The molecule has 0 aromatic carbocycles. The molecule has 6 heteroatoms. The standard InChI is InChI=1S/C14H21NO3S2/c1-10-9-19-13(8-16)14(10)20(17,18)15-7-3-5-11-4-2-6-12(11)15/h9,11-12,16H,2-8H2,1H3. The minimum absolute atomic E-state index is 0.180. The molecule has 1 aromatic heterocycles. The molecule has 2 fully saturated rings. The molecule has 2 unspecified atom stereocenters. The van der Waals surface area contributed by atoms with Crippen LogP contribution in [0.5, 0.6) is 0 Å². The van der Waals surface area contributed by atoms with Crippen LogP contribution in [0, 0.1) is 12.8 Å². The summed E-state index contributed by atoms with van der Waals surface area (Å²) in [6.45, 7) is 2.25. The van der Waals surface area contributed by atoms with Crippen molar-refractivity contribution in [2.24, 2.45) is 5.92 Å². The van der Waals surface area contributed by atoms with Gasteiger partial charge in [0.25, 0.3) is 0 Å². The Labute approximate surface area is 124 Å². The minimum atomic E-state index is -3.46. The van der Waals surface area contributed by atoms with E-state index in [2.05, 4.69) is 0 Å². The Morgan fingerprint density at radius 3 is 2.85 bits per heavy atom. The van der Waals surface area contributed by atoms with Gasteiger partial charge < -0.3 is 5.11 Å². The van der Waals surface area contributed by atoms with E-state index in [0.29, 0.717) is 22.2 Å². The molecule has 2 heterocycles. The van der Waals surface area contributed by atoms with E-state index in [1.807, 2.05) is 12.3 Å². The molecule has 1 saturated heterocycles. The van der Waals surface area contributed by atoms with Crippen LogP contribution in [0.3, 0.4) is 0 Å². The molecule has 1 N–H and O–H groups in total. The maximum atomic E-state index is 13.0. The van der Waals surface area contributed by atoms with Crippen LogP contribution in [0.1, 0.15) is 42.5 Å². The molecule has 0 bridgehead atoms. The molecule has 1 aromatic rings. The molecule has 20 heavy (non-hydrogen) atoms. The van der Waals surface area contributed by atoms with E-state index in [-0.39, 0.29) is 12.6 Å². The molecule has 0 amide bonds. The maximum absolute atomic E-state index is 13.0. The molecule has 1 aliphatic carbocycles. The number of hydrogen-bond acceptors (Lipinski definition) is 4. The van der Waals surface area contributed by atoms with E-state index in [0.717, 1.165) is 37.7 Å². The van der Waals surface area contributed by atoms with Crippen molar-refractivity contribution in [1.82, 2.24) is 4.31 Å². The van der Waals surface area contributed by atoms with Crippen LogP contribution in [0.4, 0.5) is 0 Å². The SMILES string of the molecule is Cc1csc(CO)c1S(=O)(=O)N1CCCC2CCCC21. The van der Waals surface area contributed by atoms with Gasteiger partial charge in [-0.15, -0.1) is 11.3 Å². The highest BCUT2D eigenvalue weighted by atomic mass is 32.2. The van der Waals surface area contributed by atoms with Crippen molar-refractivity contribution in [1.29, 1.82) is 0 Å². The Kier molecular flexibility index (Phi) is 3.92. The van der Waals surface area contributed by atoms with Gasteiger partial charge >= 0.3 is 0 Å². The van der Waals surface area contributed by atoms with E-state index in [4.69, 9.17) is 0 Å². The van der Waals surface area contributed by atoms with Gasteiger partial charge in [-0.3, -0.25) is 0 Å². The number of rotatable bonds is 3. The van der Waals surface area contributed by atoms with E-state index in [9.17, 15) is 13.5 Å². The number of aliphatic hydroxyl groups excluding tert-OH is 1. The van der Waals surface area contributed by atoms with Gasteiger partial charge in [-0.2, -0.15) is 4.31 Å². The average molecular weight is 315 g/mol. The Morgan fingerprint density at radius 2 is 2.10 bits per heavy atom. The van der Waals surface area contributed by atoms with Crippen molar-refractivity contribution in [3.63, 3.8) is 0 Å². The monoisotopic (exact) mass is 315 g/mol. The van der Waals surface area contributed by atoms with Gasteiger partial charge in [-0.1, -0.05) is 6.42 Å². The zero-order chi connectivity index (χ0) is 14.3. The fourth-order valence-corrected chi connectivity index (χ4v) is 7.14. The zero-order valence-electron chi connectivity index (χ0n) is 11.7. The first-order valence-electron chi connectivity index (χ1n) is 7.25. The third-order valence-corrected chi connectivity index (χ3v) is 8.02. The number of sulfonamides is 1. The van der Waals surface area contributed by atoms with E-state index < -0.39 is 10.0 Å². The maximum Gasteiger partial charge on any atom is 0.244 e. The number of thiophene rings is 1. The molecule has 1 saturated carbocycles. The number of hydrogen-bond donors (Lipinski definition) is 1. The van der Waals surface area contributed by atoms with Gasteiger partial charge in [-0.05, 0) is 49.5 Å². The first-order valence-corrected chi connectivity index (χ1v) is 9.57. The van der Waals surface area contributed by atoms with E-state index in [1.54, 1.807) is 4.31 Å². The lowest BCUT2D eigenvalue weighted by Gasteiger charge is -2.36. The fraction of sp³-hybridized carbons (Fsp3) is 0.714. The van der Waals surface area contributed by atoms with Gasteiger partial charge in [0, 0.05) is 12.6 Å². The third kappa shape index (κ3) is 2.22. The van der Waals surface area contributed by atoms with Crippen molar-refractivity contribution in [2.75, 3.05) is 6.54 Å². The first kappa shape index (κ1) is 14.5. The second kappa shape index (κ2) is 5.40. The molecular formula is C14H21NO3S2. The zero-order valence-corrected chi connectivity index (χ0v) is 13.3. The lowest BCUT2D eigenvalue weighted by atomic mass is 9.94. The van der Waals surface area contributed by atoms with Crippen LogP contribution in [0.15, 0.2) is 10.3 Å². The van der Waals surface area contributed by atoms with Gasteiger partial charge in [0.15, 0.2) is 0 Å². The van der Waals surface area contributed by atoms with Gasteiger partial charge in [0.2, 0.25) is 10.0 Å². The lowest BCUT2D eigenvalue weighted by molar-refractivity contribution is 0.201. The highest BCUT2D eigenvalue weighted by Crippen LogP contribution is 2.41. The normalized spacial score (nSPS) is 27.7. The smallest absolute Gasteiger partial charge is 0.244 e. The summed E-state index contributed by atoms with van der Waals surface area (Å²) in [5.41, 5.74) is 0.763. The topological polar surface area (TPSA) is 57.6 Å². The highest BCUT2D eigenvalue weighted by molar-refractivity contribution is 7.89. The largest absolute Gasteiger partial charge is 0.391 e. The lowest BCUT2D eigenvalue weighted by Crippen LogP contribution is -2.46. The second-order valence-electron chi connectivity index (χ2n) is 5.85. The van der Waals surface area contributed by atoms with Crippen molar-refractivity contribution < 1.29 is 13.5 Å². The summed E-state index contributed by atoms with van der Waals surface area (Å²) < 4.78 is 27.8. The molecule has 0 radical (unpaired) electrons. The van der Waals surface area contributed by atoms with Crippen LogP contribution in [-0.2, 0) is 16.6 Å². The molecule has 2 aliphatic rings. The Bertz CT molecular complexity index is 594. The van der Waals surface area contributed by atoms with Crippen LogP contribution in [0.25, 0.3) is 0 Å². The number of aryl methyl sites for hydroxylation is 1. The molecule has 2 atom stereocenters. The number of piperidine rings is 1. The summed E-state index contributed by atoms with van der Waals surface area (Å²) in [6, 6.07) is 0.180. The fourth-order valence-electron chi connectivity index (χ4n) is 3.77. The quantitative estimate of drug-likeness (QED) is 0.932. The third-order valence-electron chi connectivity index (χ3n) is 4.64. The Balaban J connectivity index is 2.00. The van der Waals surface area contributed by atoms with Crippen LogP contribution in [0.2, 0.25) is 0 Å². The highest BCUT2D eigenvalue weighted by Gasteiger charge is 2.42. The summed E-state index contributed by atoms with van der Waals surface area (Å²) >= 11 is 1.34. The van der Waals surface area contributed by atoms with Crippen LogP contribution in [-0.4, -0.2) is 30.4 Å². The Hall–Kier alpha value is -0.430. The van der Waals surface area contributed by atoms with Gasteiger partial charge in [0.1, 0.15) is 4.90 Å². The first-order chi connectivity index (χ1) is 9.55. The van der Waals surface area contributed by atoms with E-state index >= 15 is 0 Å². The molecule has 1 aliphatic heterocycles. The van der Waals surface area contributed by atoms with Gasteiger partial charge in [0.05, 0.1) is 11.5 Å². The van der Waals surface area contributed by atoms with Crippen LogP contribution >= 0.6 is 11.3 Å². The summed E-state index contributed by atoms with van der Waals surface area (Å²) in [5.74, 6) is 0.537. The predicted octanol–water partition coefficient (Wildman–Crippen LogP) is 2.50. The van der Waals surface area contributed by atoms with Crippen molar-refractivity contribution in [2.45, 2.75) is 56.6 Å². The summed E-state index contributed by atoms with van der Waals surface area (Å²) in [5, 5.41) is 11.2. The Morgan fingerprint density at radius 1 is 1.35 bits per heavy atom. The molecule has 3 rings (SSSR count). The summed E-state index contributed by atoms with van der Waals surface area (Å²) in [6.07, 6.45) is 5.40. The molecule has 0 spiro atoms. The van der Waals surface area contributed by atoms with Crippen molar-refractivity contribution >= 4 is 21.4 Å². The van der Waals surface area contributed by atoms with Gasteiger partial charge in [-0.25, -0.2) is 8.42 Å². The average Bonchev–Trinajstić information content (AvgIpc) is 3.03. The molecule has 112 valence electrons. The summed E-state index contributed by atoms with van der Waals surface area (Å²) in [7, 11) is -3.46.